The summed E-state index contributed by atoms with van der Waals surface area (Å²) in [6.07, 6.45) is 13.7. The Kier molecular flexibility index (Phi) is 36.1. The number of hydrogen-bond acceptors (Lipinski definition) is 18. The number of unbranched alkanes of at least 4 members (excludes halogenated alkanes) is 19. The van der Waals surface area contributed by atoms with Gasteiger partial charge in [-0.3, -0.25) is 4.79 Å². The van der Waals surface area contributed by atoms with Gasteiger partial charge < -0.3 is 89.9 Å². The van der Waals surface area contributed by atoms with E-state index in [-0.39, 0.29) is 18.9 Å². The summed E-state index contributed by atoms with van der Waals surface area (Å²) in [6, 6.07) is -0.891. The first kappa shape index (κ1) is 67.3. The third kappa shape index (κ3) is 24.9. The highest BCUT2D eigenvalue weighted by Gasteiger charge is 2.53. The largest absolute Gasteiger partial charge is 0.394 e. The van der Waals surface area contributed by atoms with Gasteiger partial charge in [0.15, 0.2) is 18.9 Å². The number of nitrogens with one attached hydrogen (secondary N) is 1. The third-order valence-corrected chi connectivity index (χ3v) is 14.5. The first-order valence-electron chi connectivity index (χ1n) is 28.7. The van der Waals surface area contributed by atoms with Gasteiger partial charge >= 0.3 is 0 Å². The molecule has 3 rings (SSSR count). The summed E-state index contributed by atoms with van der Waals surface area (Å²) >= 11 is 0. The maximum absolute atomic E-state index is 13.3. The summed E-state index contributed by atoms with van der Waals surface area (Å²) in [5.41, 5.74) is 0. The van der Waals surface area contributed by atoms with Crippen LogP contribution in [0.3, 0.4) is 0 Å². The molecule has 19 nitrogen and oxygen atoms in total. The topological polar surface area (TPSA) is 307 Å². The number of aliphatic hydroxyl groups is 11. The van der Waals surface area contributed by atoms with Crippen LogP contribution in [0.15, 0.2) is 36.5 Å². The summed E-state index contributed by atoms with van der Waals surface area (Å²) in [5, 5.41) is 120. The lowest BCUT2D eigenvalue weighted by atomic mass is 9.96. The summed E-state index contributed by atoms with van der Waals surface area (Å²) in [7, 11) is 0. The molecule has 0 spiro atoms. The minimum atomic E-state index is -1.97. The molecule has 438 valence electrons. The molecule has 0 aromatic rings. The van der Waals surface area contributed by atoms with Gasteiger partial charge in [0, 0.05) is 6.42 Å². The van der Waals surface area contributed by atoms with Crippen molar-refractivity contribution in [3.63, 3.8) is 0 Å². The number of allylic oxidation sites excluding steroid dienone is 6. The lowest BCUT2D eigenvalue weighted by molar-refractivity contribution is -0.379. The zero-order chi connectivity index (χ0) is 54.8. The smallest absolute Gasteiger partial charge is 0.220 e. The third-order valence-electron chi connectivity index (χ3n) is 14.5. The van der Waals surface area contributed by atoms with Gasteiger partial charge in [0.25, 0.3) is 0 Å². The first-order valence-corrected chi connectivity index (χ1v) is 28.7. The second-order valence-electron chi connectivity index (χ2n) is 20.7. The van der Waals surface area contributed by atoms with E-state index in [1.165, 1.54) is 57.8 Å². The first-order chi connectivity index (χ1) is 36.3. The van der Waals surface area contributed by atoms with E-state index in [1.54, 1.807) is 0 Å². The van der Waals surface area contributed by atoms with Crippen LogP contribution in [-0.2, 0) is 33.2 Å². The number of amides is 1. The molecule has 3 saturated heterocycles. The Balaban J connectivity index is 1.51. The Bertz CT molecular complexity index is 1520. The quantitative estimate of drug-likeness (QED) is 0.0302. The Morgan fingerprint density at radius 1 is 0.493 bits per heavy atom. The van der Waals surface area contributed by atoms with Crippen LogP contribution in [0.2, 0.25) is 0 Å². The second kappa shape index (κ2) is 40.2. The minimum absolute atomic E-state index is 0.254. The fourth-order valence-corrected chi connectivity index (χ4v) is 9.74. The fraction of sp³-hybridized carbons (Fsp3) is 0.875. The Morgan fingerprint density at radius 2 is 0.920 bits per heavy atom. The van der Waals surface area contributed by atoms with Gasteiger partial charge in [-0.05, 0) is 44.9 Å². The molecule has 1 amide bonds. The summed E-state index contributed by atoms with van der Waals surface area (Å²) < 4.78 is 34.2. The SMILES string of the molecule is CC/C=C\C/C=C\C/C=C\CCCCCCCCCC(=O)NC(COC1OC(CO)C(OC2OC(CO)C(OC3OC(CO)C(O)C(O)C3O)C(O)C2O)C(O)C1O)C(O)CCCCCCCCCCCCCCC. The number of carbonyl (C=O) groups is 1. The van der Waals surface area contributed by atoms with E-state index in [2.05, 4.69) is 55.6 Å². The van der Waals surface area contributed by atoms with Crippen LogP contribution in [0.4, 0.5) is 0 Å². The molecule has 3 aliphatic rings. The van der Waals surface area contributed by atoms with Crippen molar-refractivity contribution in [3.8, 4) is 0 Å². The average molecular weight is 1080 g/mol. The molecule has 19 heteroatoms. The molecule has 3 heterocycles. The van der Waals surface area contributed by atoms with E-state index < -0.39 is 124 Å². The van der Waals surface area contributed by atoms with E-state index >= 15 is 0 Å². The minimum Gasteiger partial charge on any atom is -0.394 e. The standard InChI is InChI=1S/C56H101NO18/c1-3-5-7-9-11-13-15-17-18-19-20-22-24-26-28-30-32-34-44(62)57-39(40(61)33-31-29-27-25-23-21-16-14-12-10-8-6-4-2)38-70-54-50(68)47(65)52(42(36-59)72-54)75-56-51(69)48(66)53(43(37-60)73-56)74-55-49(67)46(64)45(63)41(35-58)71-55/h5,7,11,13,17-18,39-43,45-56,58-61,63-69H,3-4,6,8-10,12,14-16,19-38H2,1-2H3,(H,57,62)/b7-5-,13-11-,18-17-. The maximum atomic E-state index is 13.3. The van der Waals surface area contributed by atoms with Crippen molar-refractivity contribution in [2.24, 2.45) is 0 Å². The van der Waals surface area contributed by atoms with Crippen LogP contribution in [0.25, 0.3) is 0 Å². The number of rotatable bonds is 41. The Morgan fingerprint density at radius 3 is 1.44 bits per heavy atom. The molecule has 0 aromatic carbocycles. The fourth-order valence-electron chi connectivity index (χ4n) is 9.74. The van der Waals surface area contributed by atoms with E-state index in [4.69, 9.17) is 28.4 Å². The highest BCUT2D eigenvalue weighted by molar-refractivity contribution is 5.76. The van der Waals surface area contributed by atoms with Crippen molar-refractivity contribution in [3.05, 3.63) is 36.5 Å². The zero-order valence-electron chi connectivity index (χ0n) is 45.3. The molecule has 12 N–H and O–H groups in total. The van der Waals surface area contributed by atoms with Crippen molar-refractivity contribution >= 4 is 5.91 Å². The summed E-state index contributed by atoms with van der Waals surface area (Å²) in [5.74, 6) is -0.255. The van der Waals surface area contributed by atoms with Gasteiger partial charge in [-0.2, -0.15) is 0 Å². The molecule has 0 saturated carbocycles. The van der Waals surface area contributed by atoms with Crippen LogP contribution in [0, 0.1) is 0 Å². The zero-order valence-corrected chi connectivity index (χ0v) is 45.3. The van der Waals surface area contributed by atoms with Gasteiger partial charge in [-0.25, -0.2) is 0 Å². The molecule has 0 radical (unpaired) electrons. The van der Waals surface area contributed by atoms with Crippen LogP contribution >= 0.6 is 0 Å². The predicted molar refractivity (Wildman–Crippen MR) is 282 cm³/mol. The number of carbonyl (C=O) groups excluding carboxylic acids is 1. The average Bonchev–Trinajstić information content (AvgIpc) is 3.41. The van der Waals surface area contributed by atoms with Gasteiger partial charge in [0.1, 0.15) is 73.2 Å². The van der Waals surface area contributed by atoms with Crippen LogP contribution in [0.5, 0.6) is 0 Å². The molecule has 3 fully saturated rings. The van der Waals surface area contributed by atoms with E-state index in [1.807, 2.05) is 0 Å². The molecule has 75 heavy (non-hydrogen) atoms. The predicted octanol–water partition coefficient (Wildman–Crippen LogP) is 4.15. The van der Waals surface area contributed by atoms with Crippen molar-refractivity contribution in [1.29, 1.82) is 0 Å². The second-order valence-corrected chi connectivity index (χ2v) is 20.7. The monoisotopic (exact) mass is 1080 g/mol. The molecular weight excluding hydrogens is 975 g/mol. The molecular formula is C56H101NO18. The van der Waals surface area contributed by atoms with Crippen LogP contribution < -0.4 is 5.32 Å². The Hall–Kier alpha value is -1.99. The molecule has 3 aliphatic heterocycles. The van der Waals surface area contributed by atoms with Gasteiger partial charge in [-0.1, -0.05) is 166 Å². The van der Waals surface area contributed by atoms with Crippen LogP contribution in [0.1, 0.15) is 181 Å². The number of hydrogen-bond donors (Lipinski definition) is 12. The normalized spacial score (nSPS) is 31.5. The maximum Gasteiger partial charge on any atom is 0.220 e. The van der Waals surface area contributed by atoms with E-state index in [0.717, 1.165) is 89.9 Å². The molecule has 0 aliphatic carbocycles. The highest BCUT2D eigenvalue weighted by Crippen LogP contribution is 2.33. The van der Waals surface area contributed by atoms with E-state index in [0.29, 0.717) is 12.8 Å². The lowest BCUT2D eigenvalue weighted by Gasteiger charge is -2.48. The molecule has 17 unspecified atom stereocenters. The Labute approximate surface area is 447 Å². The van der Waals surface area contributed by atoms with Crippen molar-refractivity contribution in [1.82, 2.24) is 5.32 Å². The molecule has 17 atom stereocenters. The van der Waals surface area contributed by atoms with E-state index in [9.17, 15) is 61.0 Å². The molecule has 0 aromatic heterocycles. The number of ether oxygens (including phenoxy) is 6. The summed E-state index contributed by atoms with van der Waals surface area (Å²) in [4.78, 5) is 13.3. The lowest BCUT2D eigenvalue weighted by Crippen LogP contribution is -2.66. The van der Waals surface area contributed by atoms with Gasteiger partial charge in [-0.15, -0.1) is 0 Å². The number of aliphatic hydroxyl groups excluding tert-OH is 11. The van der Waals surface area contributed by atoms with Gasteiger partial charge in [0.05, 0.1) is 38.6 Å². The molecule has 0 bridgehead atoms. The summed E-state index contributed by atoms with van der Waals surface area (Å²) in [6.45, 7) is 1.65. The van der Waals surface area contributed by atoms with Crippen molar-refractivity contribution < 1.29 is 89.4 Å². The van der Waals surface area contributed by atoms with Crippen molar-refractivity contribution in [2.75, 3.05) is 26.4 Å². The van der Waals surface area contributed by atoms with Gasteiger partial charge in [0.2, 0.25) is 5.91 Å². The van der Waals surface area contributed by atoms with Crippen LogP contribution in [-0.4, -0.2) is 193 Å². The highest BCUT2D eigenvalue weighted by atomic mass is 16.8. The van der Waals surface area contributed by atoms with Crippen molar-refractivity contribution in [2.45, 2.75) is 285 Å².